The molecule has 2 N–H and O–H groups in total. The van der Waals surface area contributed by atoms with Gasteiger partial charge >= 0.3 is 0 Å². The highest BCUT2D eigenvalue weighted by atomic mass is 15.2. The normalized spacial score (nSPS) is 40.4. The highest BCUT2D eigenvalue weighted by molar-refractivity contribution is 4.98. The molecule has 2 heteroatoms. The molecule has 0 amide bonds. The van der Waals surface area contributed by atoms with Gasteiger partial charge in [0.15, 0.2) is 0 Å². The van der Waals surface area contributed by atoms with Crippen molar-refractivity contribution in [3.8, 4) is 0 Å². The Bertz CT molecular complexity index is 231. The summed E-state index contributed by atoms with van der Waals surface area (Å²) in [5.41, 5.74) is 6.53. The fourth-order valence-corrected chi connectivity index (χ4v) is 4.03. The first-order valence-electron chi connectivity index (χ1n) is 7.68. The maximum Gasteiger partial charge on any atom is 0.0334 e. The van der Waals surface area contributed by atoms with E-state index >= 15 is 0 Å². The zero-order valence-electron chi connectivity index (χ0n) is 11.8. The third kappa shape index (κ3) is 2.68. The van der Waals surface area contributed by atoms with Gasteiger partial charge in [0.05, 0.1) is 0 Å². The zero-order chi connectivity index (χ0) is 12.3. The van der Waals surface area contributed by atoms with E-state index < -0.39 is 0 Å². The summed E-state index contributed by atoms with van der Waals surface area (Å²) in [6.07, 6.45) is 11.0. The highest BCUT2D eigenvalue weighted by Crippen LogP contribution is 2.39. The summed E-state index contributed by atoms with van der Waals surface area (Å²) in [6, 6.07) is 0.755. The zero-order valence-corrected chi connectivity index (χ0v) is 11.8. The van der Waals surface area contributed by atoms with E-state index in [0.29, 0.717) is 5.54 Å². The molecule has 0 spiro atoms. The second kappa shape index (κ2) is 5.71. The van der Waals surface area contributed by atoms with Crippen LogP contribution in [0.1, 0.15) is 65.2 Å². The van der Waals surface area contributed by atoms with Gasteiger partial charge in [0.1, 0.15) is 0 Å². The summed E-state index contributed by atoms with van der Waals surface area (Å²) in [6.45, 7) is 6.90. The molecule has 0 aromatic heterocycles. The molecule has 1 aliphatic carbocycles. The van der Waals surface area contributed by atoms with Crippen LogP contribution in [0.4, 0.5) is 0 Å². The number of nitrogens with zero attached hydrogens (tertiary/aromatic N) is 1. The van der Waals surface area contributed by atoms with E-state index in [2.05, 4.69) is 18.7 Å². The largest absolute Gasteiger partial charge is 0.329 e. The minimum atomic E-state index is 0.353. The molecule has 2 fully saturated rings. The van der Waals surface area contributed by atoms with Gasteiger partial charge in [-0.05, 0) is 57.9 Å². The molecule has 0 aromatic carbocycles. The fourth-order valence-electron chi connectivity index (χ4n) is 4.03. The lowest BCUT2D eigenvalue weighted by Crippen LogP contribution is -2.60. The van der Waals surface area contributed by atoms with Crippen LogP contribution in [0.2, 0.25) is 0 Å². The van der Waals surface area contributed by atoms with Crippen LogP contribution < -0.4 is 5.73 Å². The summed E-state index contributed by atoms with van der Waals surface area (Å²) >= 11 is 0. The van der Waals surface area contributed by atoms with Crippen LogP contribution in [0, 0.1) is 5.92 Å². The van der Waals surface area contributed by atoms with Crippen LogP contribution in [-0.4, -0.2) is 29.6 Å². The van der Waals surface area contributed by atoms with E-state index in [1.54, 1.807) is 0 Å². The summed E-state index contributed by atoms with van der Waals surface area (Å²) < 4.78 is 0. The average molecular weight is 238 g/mol. The van der Waals surface area contributed by atoms with E-state index in [0.717, 1.165) is 18.5 Å². The molecule has 2 nitrogen and oxygen atoms in total. The van der Waals surface area contributed by atoms with Gasteiger partial charge < -0.3 is 5.73 Å². The third-order valence-corrected chi connectivity index (χ3v) is 5.41. The predicted molar refractivity (Wildman–Crippen MR) is 74.1 cm³/mol. The number of likely N-dealkylation sites (tertiary alicyclic amines) is 1. The lowest BCUT2D eigenvalue weighted by atomic mass is 9.73. The van der Waals surface area contributed by atoms with Crippen LogP contribution in [-0.2, 0) is 0 Å². The Balaban J connectivity index is 2.03. The van der Waals surface area contributed by atoms with Crippen molar-refractivity contribution in [2.45, 2.75) is 76.8 Å². The molecule has 1 heterocycles. The van der Waals surface area contributed by atoms with Crippen molar-refractivity contribution < 1.29 is 0 Å². The van der Waals surface area contributed by atoms with Gasteiger partial charge in [-0.3, -0.25) is 4.90 Å². The SMILES string of the molecule is CCC1CCC(CN)(N2CCCCC2C)CC1. The van der Waals surface area contributed by atoms with Gasteiger partial charge in [-0.15, -0.1) is 0 Å². The van der Waals surface area contributed by atoms with Gasteiger partial charge in [-0.25, -0.2) is 0 Å². The molecular formula is C15H30N2. The van der Waals surface area contributed by atoms with Crippen molar-refractivity contribution in [3.05, 3.63) is 0 Å². The molecule has 2 rings (SSSR count). The minimum absolute atomic E-state index is 0.353. The van der Waals surface area contributed by atoms with Crippen LogP contribution in [0.5, 0.6) is 0 Å². The monoisotopic (exact) mass is 238 g/mol. The molecule has 0 radical (unpaired) electrons. The topological polar surface area (TPSA) is 29.3 Å². The second-order valence-corrected chi connectivity index (χ2v) is 6.32. The van der Waals surface area contributed by atoms with E-state index in [9.17, 15) is 0 Å². The van der Waals surface area contributed by atoms with Crippen molar-refractivity contribution in [1.29, 1.82) is 0 Å². The first-order chi connectivity index (χ1) is 8.22. The smallest absolute Gasteiger partial charge is 0.0334 e. The molecule has 1 aliphatic heterocycles. The van der Waals surface area contributed by atoms with Crippen molar-refractivity contribution in [2.24, 2.45) is 11.7 Å². The first-order valence-corrected chi connectivity index (χ1v) is 7.68. The van der Waals surface area contributed by atoms with Gasteiger partial charge in [0, 0.05) is 18.1 Å². The van der Waals surface area contributed by atoms with Gasteiger partial charge in [0.25, 0.3) is 0 Å². The number of hydrogen-bond acceptors (Lipinski definition) is 2. The first kappa shape index (κ1) is 13.4. The van der Waals surface area contributed by atoms with Gasteiger partial charge in [0.2, 0.25) is 0 Å². The van der Waals surface area contributed by atoms with E-state index in [1.165, 1.54) is 57.9 Å². The Labute approximate surface area is 107 Å². The maximum absolute atomic E-state index is 6.18. The summed E-state index contributed by atoms with van der Waals surface area (Å²) in [7, 11) is 0. The molecule has 17 heavy (non-hydrogen) atoms. The molecule has 100 valence electrons. The third-order valence-electron chi connectivity index (χ3n) is 5.41. The molecular weight excluding hydrogens is 208 g/mol. The van der Waals surface area contributed by atoms with Crippen molar-refractivity contribution in [1.82, 2.24) is 4.90 Å². The number of nitrogens with two attached hydrogens (primary N) is 1. The lowest BCUT2D eigenvalue weighted by Gasteiger charge is -2.52. The molecule has 1 atom stereocenters. The molecule has 2 aliphatic rings. The average Bonchev–Trinajstić information content (AvgIpc) is 2.39. The Morgan fingerprint density at radius 2 is 1.88 bits per heavy atom. The van der Waals surface area contributed by atoms with Crippen LogP contribution in [0.25, 0.3) is 0 Å². The minimum Gasteiger partial charge on any atom is -0.329 e. The Kier molecular flexibility index (Phi) is 4.48. The van der Waals surface area contributed by atoms with Crippen LogP contribution in [0.15, 0.2) is 0 Å². The summed E-state index contributed by atoms with van der Waals surface area (Å²) in [5.74, 6) is 0.967. The summed E-state index contributed by atoms with van der Waals surface area (Å²) in [4.78, 5) is 2.77. The Morgan fingerprint density at radius 1 is 1.18 bits per heavy atom. The highest BCUT2D eigenvalue weighted by Gasteiger charge is 2.41. The van der Waals surface area contributed by atoms with Crippen molar-refractivity contribution in [3.63, 3.8) is 0 Å². The van der Waals surface area contributed by atoms with E-state index in [1.807, 2.05) is 0 Å². The number of piperidine rings is 1. The number of rotatable bonds is 3. The Hall–Kier alpha value is -0.0800. The van der Waals surface area contributed by atoms with Crippen molar-refractivity contribution in [2.75, 3.05) is 13.1 Å². The molecule has 1 saturated carbocycles. The number of hydrogen-bond donors (Lipinski definition) is 1. The van der Waals surface area contributed by atoms with E-state index in [4.69, 9.17) is 5.73 Å². The molecule has 1 saturated heterocycles. The van der Waals surface area contributed by atoms with Gasteiger partial charge in [-0.1, -0.05) is 19.8 Å². The van der Waals surface area contributed by atoms with Crippen LogP contribution in [0.3, 0.4) is 0 Å². The van der Waals surface area contributed by atoms with Crippen molar-refractivity contribution >= 4 is 0 Å². The predicted octanol–water partition coefficient (Wildman–Crippen LogP) is 3.16. The molecule has 0 aromatic rings. The maximum atomic E-state index is 6.18. The lowest BCUT2D eigenvalue weighted by molar-refractivity contribution is -0.00604. The van der Waals surface area contributed by atoms with Gasteiger partial charge in [-0.2, -0.15) is 0 Å². The molecule has 0 bridgehead atoms. The summed E-state index contributed by atoms with van der Waals surface area (Å²) in [5, 5.41) is 0. The quantitative estimate of drug-likeness (QED) is 0.818. The van der Waals surface area contributed by atoms with Crippen LogP contribution >= 0.6 is 0 Å². The van der Waals surface area contributed by atoms with E-state index in [-0.39, 0.29) is 0 Å². The Morgan fingerprint density at radius 3 is 2.41 bits per heavy atom. The standard InChI is InChI=1S/C15H30N2/c1-3-14-7-9-15(12-16,10-8-14)17-11-5-4-6-13(17)2/h13-14H,3-12,16H2,1-2H3. The fraction of sp³-hybridized carbons (Fsp3) is 1.00. The molecule has 1 unspecified atom stereocenters. The second-order valence-electron chi connectivity index (χ2n) is 6.32.